The summed E-state index contributed by atoms with van der Waals surface area (Å²) in [5, 5.41) is 11.1. The van der Waals surface area contributed by atoms with Gasteiger partial charge < -0.3 is 9.72 Å². The minimum Gasteiger partial charge on any atom is -0.496 e. The molecule has 0 spiro atoms. The molecule has 5 heteroatoms. The Morgan fingerprint density at radius 3 is 3.05 bits per heavy atom. The Balaban J connectivity index is 2.16. The van der Waals surface area contributed by atoms with Crippen molar-refractivity contribution in [2.45, 2.75) is 0 Å². The fourth-order valence-electron chi connectivity index (χ4n) is 2.33. The molecule has 0 bridgehead atoms. The number of methoxy groups -OCH3 is 1. The molecule has 2 aromatic heterocycles. The molecule has 0 aliphatic rings. The molecule has 1 N–H and O–H groups in total. The first kappa shape index (κ1) is 14.2. The molecular weight excluding hydrogens is 298 g/mol. The molecule has 4 nitrogen and oxygen atoms in total. The summed E-state index contributed by atoms with van der Waals surface area (Å²) < 4.78 is 5.29. The van der Waals surface area contributed by atoms with Crippen molar-refractivity contribution in [2.24, 2.45) is 0 Å². The first-order chi connectivity index (χ1) is 10.7. The topological polar surface area (TPSA) is 61.7 Å². The summed E-state index contributed by atoms with van der Waals surface area (Å²) in [6.45, 7) is 0. The minimum absolute atomic E-state index is 0.514. The molecule has 1 aromatic carbocycles. The number of halogens is 1. The van der Waals surface area contributed by atoms with Gasteiger partial charge in [0.1, 0.15) is 5.75 Å². The molecule has 0 atom stereocenters. The fraction of sp³-hybridized carbons (Fsp3) is 0.0588. The van der Waals surface area contributed by atoms with Crippen LogP contribution in [0.25, 0.3) is 22.6 Å². The molecule has 0 aliphatic heterocycles. The molecule has 3 rings (SSSR count). The second-order valence-electron chi connectivity index (χ2n) is 4.68. The van der Waals surface area contributed by atoms with E-state index in [4.69, 9.17) is 16.3 Å². The Morgan fingerprint density at radius 2 is 2.27 bits per heavy atom. The summed E-state index contributed by atoms with van der Waals surface area (Å²) in [7, 11) is 1.59. The van der Waals surface area contributed by atoms with Gasteiger partial charge in [0.15, 0.2) is 0 Å². The largest absolute Gasteiger partial charge is 0.496 e. The first-order valence-electron chi connectivity index (χ1n) is 6.59. The number of pyridine rings is 1. The third-order valence-corrected chi connectivity index (χ3v) is 3.62. The quantitative estimate of drug-likeness (QED) is 0.734. The Hall–Kier alpha value is -2.77. The van der Waals surface area contributed by atoms with E-state index in [1.54, 1.807) is 37.8 Å². The number of H-pyrrole nitrogens is 1. The van der Waals surface area contributed by atoms with E-state index in [-0.39, 0.29) is 0 Å². The summed E-state index contributed by atoms with van der Waals surface area (Å²) in [5.41, 5.74) is 2.99. The van der Waals surface area contributed by atoms with E-state index >= 15 is 0 Å². The second-order valence-corrected chi connectivity index (χ2v) is 5.12. The zero-order valence-corrected chi connectivity index (χ0v) is 12.6. The normalized spacial score (nSPS) is 11.4. The smallest absolute Gasteiger partial charge is 0.129 e. The number of fused-ring (bicyclic) bond motifs is 1. The molecule has 0 radical (unpaired) electrons. The molecule has 2 heterocycles. The Morgan fingerprint density at radius 1 is 1.41 bits per heavy atom. The van der Waals surface area contributed by atoms with E-state index in [0.717, 1.165) is 22.0 Å². The summed E-state index contributed by atoms with van der Waals surface area (Å²) >= 11 is 6.06. The maximum absolute atomic E-state index is 9.53. The van der Waals surface area contributed by atoms with Gasteiger partial charge in [0.05, 0.1) is 18.8 Å². The van der Waals surface area contributed by atoms with Gasteiger partial charge in [0, 0.05) is 45.6 Å². The van der Waals surface area contributed by atoms with Crippen molar-refractivity contribution in [2.75, 3.05) is 7.11 Å². The van der Waals surface area contributed by atoms with E-state index in [2.05, 4.69) is 16.0 Å². The van der Waals surface area contributed by atoms with Crippen molar-refractivity contribution in [3.63, 3.8) is 0 Å². The highest BCUT2D eigenvalue weighted by Gasteiger charge is 2.10. The second kappa shape index (κ2) is 5.92. The van der Waals surface area contributed by atoms with Crippen molar-refractivity contribution >= 4 is 34.2 Å². The standard InChI is InChI=1S/C17H12ClN3O/c1-22-17-4-5-20-9-12(17)6-11(8-19)15-10-21-16-3-2-13(18)7-14(15)16/h2-7,9-10,21H,1H3/b11-6-. The van der Waals surface area contributed by atoms with Gasteiger partial charge in [-0.15, -0.1) is 0 Å². The van der Waals surface area contributed by atoms with Crippen molar-refractivity contribution in [1.82, 2.24) is 9.97 Å². The van der Waals surface area contributed by atoms with Crippen molar-refractivity contribution in [1.29, 1.82) is 5.26 Å². The molecule has 0 unspecified atom stereocenters. The lowest BCUT2D eigenvalue weighted by Crippen LogP contribution is -1.88. The van der Waals surface area contributed by atoms with Gasteiger partial charge in [-0.1, -0.05) is 11.6 Å². The number of rotatable bonds is 3. The Labute approximate surface area is 132 Å². The van der Waals surface area contributed by atoms with Crippen LogP contribution in [0.1, 0.15) is 11.1 Å². The Kier molecular flexibility index (Phi) is 3.82. The third kappa shape index (κ3) is 2.54. The van der Waals surface area contributed by atoms with Crippen LogP contribution in [-0.2, 0) is 0 Å². The van der Waals surface area contributed by atoms with Crippen LogP contribution >= 0.6 is 11.6 Å². The highest BCUT2D eigenvalue weighted by atomic mass is 35.5. The van der Waals surface area contributed by atoms with Crippen molar-refractivity contribution < 1.29 is 4.74 Å². The molecule has 0 amide bonds. The van der Waals surface area contributed by atoms with Crippen molar-refractivity contribution in [3.05, 3.63) is 59.0 Å². The van der Waals surface area contributed by atoms with Crippen LogP contribution in [0.5, 0.6) is 5.75 Å². The molecule has 0 aliphatic carbocycles. The van der Waals surface area contributed by atoms with E-state index < -0.39 is 0 Å². The van der Waals surface area contributed by atoms with Gasteiger partial charge in [-0.3, -0.25) is 4.98 Å². The van der Waals surface area contributed by atoms with Crippen LogP contribution in [0.4, 0.5) is 0 Å². The molecule has 0 fully saturated rings. The van der Waals surface area contributed by atoms with Crippen LogP contribution in [0, 0.1) is 11.3 Å². The number of allylic oxidation sites excluding steroid dienone is 1. The van der Waals surface area contributed by atoms with E-state index in [9.17, 15) is 5.26 Å². The number of aromatic nitrogens is 2. The maximum Gasteiger partial charge on any atom is 0.129 e. The van der Waals surface area contributed by atoms with E-state index in [1.807, 2.05) is 18.2 Å². The zero-order chi connectivity index (χ0) is 15.5. The number of hydrogen-bond donors (Lipinski definition) is 1. The number of benzene rings is 1. The molecule has 0 saturated heterocycles. The summed E-state index contributed by atoms with van der Waals surface area (Å²) in [6, 6.07) is 9.53. The number of hydrogen-bond acceptors (Lipinski definition) is 3. The molecule has 3 aromatic rings. The maximum atomic E-state index is 9.53. The van der Waals surface area contributed by atoms with Crippen LogP contribution < -0.4 is 4.74 Å². The zero-order valence-electron chi connectivity index (χ0n) is 11.8. The van der Waals surface area contributed by atoms with Crippen LogP contribution in [0.15, 0.2) is 42.9 Å². The molecule has 0 saturated carbocycles. The number of nitrogens with one attached hydrogen (secondary N) is 1. The fourth-order valence-corrected chi connectivity index (χ4v) is 2.50. The highest BCUT2D eigenvalue weighted by Crippen LogP contribution is 2.30. The van der Waals surface area contributed by atoms with Crippen LogP contribution in [0.2, 0.25) is 5.02 Å². The predicted octanol–water partition coefficient (Wildman–Crippen LogP) is 4.29. The summed E-state index contributed by atoms with van der Waals surface area (Å²) in [6.07, 6.45) is 6.87. The lowest BCUT2D eigenvalue weighted by Gasteiger charge is -2.04. The van der Waals surface area contributed by atoms with Gasteiger partial charge in [-0.2, -0.15) is 5.26 Å². The van der Waals surface area contributed by atoms with Gasteiger partial charge in [-0.25, -0.2) is 0 Å². The van der Waals surface area contributed by atoms with E-state index in [0.29, 0.717) is 16.3 Å². The van der Waals surface area contributed by atoms with Gasteiger partial charge >= 0.3 is 0 Å². The summed E-state index contributed by atoms with van der Waals surface area (Å²) in [4.78, 5) is 7.22. The first-order valence-corrected chi connectivity index (χ1v) is 6.97. The minimum atomic E-state index is 0.514. The number of aromatic amines is 1. The van der Waals surface area contributed by atoms with Crippen molar-refractivity contribution in [3.8, 4) is 11.8 Å². The van der Waals surface area contributed by atoms with Gasteiger partial charge in [-0.05, 0) is 30.3 Å². The van der Waals surface area contributed by atoms with Crippen LogP contribution in [-0.4, -0.2) is 17.1 Å². The monoisotopic (exact) mass is 309 g/mol. The average molecular weight is 310 g/mol. The lowest BCUT2D eigenvalue weighted by atomic mass is 10.0. The van der Waals surface area contributed by atoms with E-state index in [1.165, 1.54) is 0 Å². The number of nitrogens with zero attached hydrogens (tertiary/aromatic N) is 2. The van der Waals surface area contributed by atoms with Crippen LogP contribution in [0.3, 0.4) is 0 Å². The highest BCUT2D eigenvalue weighted by molar-refractivity contribution is 6.31. The lowest BCUT2D eigenvalue weighted by molar-refractivity contribution is 0.413. The predicted molar refractivity (Wildman–Crippen MR) is 87.6 cm³/mol. The number of nitriles is 1. The number of ether oxygens (including phenoxy) is 1. The molecular formula is C17H12ClN3O. The van der Waals surface area contributed by atoms with Gasteiger partial charge in [0.2, 0.25) is 0 Å². The Bertz CT molecular complexity index is 906. The average Bonchev–Trinajstić information content (AvgIpc) is 2.95. The molecule has 22 heavy (non-hydrogen) atoms. The molecule has 108 valence electrons. The third-order valence-electron chi connectivity index (χ3n) is 3.38. The van der Waals surface area contributed by atoms with Gasteiger partial charge in [0.25, 0.3) is 0 Å². The summed E-state index contributed by atoms with van der Waals surface area (Å²) in [5.74, 6) is 0.667. The SMILES string of the molecule is COc1ccncc1/C=C(/C#N)c1c[nH]c2ccc(Cl)cc12.